The van der Waals surface area contributed by atoms with Gasteiger partial charge < -0.3 is 15.3 Å². The lowest BCUT2D eigenvalue weighted by molar-refractivity contribution is 0.191. The summed E-state index contributed by atoms with van der Waals surface area (Å²) in [6.45, 7) is 2.74. The molecule has 1 aliphatic rings. The molecule has 2 unspecified atom stereocenters. The highest BCUT2D eigenvalue weighted by molar-refractivity contribution is 4.81. The third kappa shape index (κ3) is 5.84. The number of nitrogens with zero attached hydrogens (tertiary/aromatic N) is 1. The molecule has 0 aromatic heterocycles. The zero-order chi connectivity index (χ0) is 12.5. The third-order valence-electron chi connectivity index (χ3n) is 4.02. The Morgan fingerprint density at radius 2 is 1.94 bits per heavy atom. The summed E-state index contributed by atoms with van der Waals surface area (Å²) in [4.78, 5) is 2.47. The Labute approximate surface area is 107 Å². The molecule has 0 bridgehead atoms. The van der Waals surface area contributed by atoms with Crippen molar-refractivity contribution >= 4 is 0 Å². The van der Waals surface area contributed by atoms with Crippen molar-refractivity contribution in [3.63, 3.8) is 0 Å². The number of rotatable bonds is 8. The van der Waals surface area contributed by atoms with Gasteiger partial charge in [0.15, 0.2) is 0 Å². The fraction of sp³-hybridized carbons (Fsp3) is 1.00. The van der Waals surface area contributed by atoms with E-state index in [-0.39, 0.29) is 0 Å². The molecule has 0 aromatic rings. The quantitative estimate of drug-likeness (QED) is 0.638. The summed E-state index contributed by atoms with van der Waals surface area (Å²) in [6, 6.07) is 0.726. The second-order valence-corrected chi connectivity index (χ2v) is 5.49. The first-order valence-electron chi connectivity index (χ1n) is 7.24. The molecule has 3 nitrogen and oxygen atoms in total. The van der Waals surface area contributed by atoms with E-state index in [1.54, 1.807) is 0 Å². The number of aliphatic hydroxyl groups excluding tert-OH is 1. The molecule has 102 valence electrons. The van der Waals surface area contributed by atoms with E-state index in [1.807, 2.05) is 0 Å². The van der Waals surface area contributed by atoms with Crippen molar-refractivity contribution in [2.24, 2.45) is 5.92 Å². The van der Waals surface area contributed by atoms with Crippen LogP contribution >= 0.6 is 0 Å². The van der Waals surface area contributed by atoms with Crippen LogP contribution in [0.2, 0.25) is 0 Å². The van der Waals surface area contributed by atoms with Crippen LogP contribution in [0.4, 0.5) is 0 Å². The molecule has 17 heavy (non-hydrogen) atoms. The molecule has 2 N–H and O–H groups in total. The van der Waals surface area contributed by atoms with Crippen molar-refractivity contribution in [3.05, 3.63) is 0 Å². The summed E-state index contributed by atoms with van der Waals surface area (Å²) in [5.74, 6) is 0.830. The molecule has 0 heterocycles. The topological polar surface area (TPSA) is 35.5 Å². The van der Waals surface area contributed by atoms with Gasteiger partial charge in [-0.3, -0.25) is 0 Å². The van der Waals surface area contributed by atoms with Crippen LogP contribution in [-0.4, -0.2) is 49.8 Å². The Balaban J connectivity index is 2.16. The van der Waals surface area contributed by atoms with Gasteiger partial charge >= 0.3 is 0 Å². The van der Waals surface area contributed by atoms with Crippen LogP contribution in [0, 0.1) is 5.92 Å². The largest absolute Gasteiger partial charge is 0.396 e. The lowest BCUT2D eigenvalue weighted by atomic mass is 9.84. The molecule has 0 aromatic carbocycles. The van der Waals surface area contributed by atoms with E-state index in [0.29, 0.717) is 6.61 Å². The van der Waals surface area contributed by atoms with E-state index in [0.717, 1.165) is 24.8 Å². The minimum absolute atomic E-state index is 0.341. The monoisotopic (exact) mass is 242 g/mol. The summed E-state index contributed by atoms with van der Waals surface area (Å²) in [6.07, 6.45) is 8.85. The van der Waals surface area contributed by atoms with E-state index in [1.165, 1.54) is 45.2 Å². The van der Waals surface area contributed by atoms with Gasteiger partial charge in [-0.2, -0.15) is 0 Å². The predicted molar refractivity (Wildman–Crippen MR) is 73.2 cm³/mol. The second-order valence-electron chi connectivity index (χ2n) is 5.49. The highest BCUT2D eigenvalue weighted by Gasteiger charge is 2.24. The van der Waals surface area contributed by atoms with E-state index in [4.69, 9.17) is 5.11 Å². The number of hydrogen-bond acceptors (Lipinski definition) is 3. The minimum atomic E-state index is 0.341. The maximum Gasteiger partial charge on any atom is 0.0431 e. The Morgan fingerprint density at radius 1 is 1.18 bits per heavy atom. The first kappa shape index (κ1) is 14.9. The fourth-order valence-electron chi connectivity index (χ4n) is 2.97. The minimum Gasteiger partial charge on any atom is -0.396 e. The van der Waals surface area contributed by atoms with E-state index >= 15 is 0 Å². The van der Waals surface area contributed by atoms with Crippen molar-refractivity contribution in [1.29, 1.82) is 0 Å². The molecule has 0 aliphatic heterocycles. The Hall–Kier alpha value is -0.120. The number of unbranched alkanes of at least 4 members (excludes halogenated alkanes) is 2. The van der Waals surface area contributed by atoms with Gasteiger partial charge in [0.25, 0.3) is 0 Å². The summed E-state index contributed by atoms with van der Waals surface area (Å²) >= 11 is 0. The summed E-state index contributed by atoms with van der Waals surface area (Å²) < 4.78 is 0. The molecule has 3 heteroatoms. The Bertz CT molecular complexity index is 187. The Morgan fingerprint density at radius 3 is 2.65 bits per heavy atom. The van der Waals surface area contributed by atoms with Crippen LogP contribution in [0.15, 0.2) is 0 Å². The molecule has 1 fully saturated rings. The molecule has 2 atom stereocenters. The average molecular weight is 242 g/mol. The van der Waals surface area contributed by atoms with Gasteiger partial charge in [0.2, 0.25) is 0 Å². The summed E-state index contributed by atoms with van der Waals surface area (Å²) in [5.41, 5.74) is 0. The molecule has 0 amide bonds. The van der Waals surface area contributed by atoms with Gasteiger partial charge in [-0.25, -0.2) is 0 Å². The highest BCUT2D eigenvalue weighted by atomic mass is 16.2. The van der Waals surface area contributed by atoms with Gasteiger partial charge in [0.1, 0.15) is 0 Å². The van der Waals surface area contributed by atoms with Gasteiger partial charge in [-0.15, -0.1) is 0 Å². The standard InChI is InChI=1S/C14H30N2O/c1-15-14-9-5-4-8-13(14)12-16(2)10-6-3-7-11-17/h13-15,17H,3-12H2,1-2H3. The van der Waals surface area contributed by atoms with Crippen LogP contribution in [0.3, 0.4) is 0 Å². The van der Waals surface area contributed by atoms with Crippen molar-refractivity contribution in [2.75, 3.05) is 33.8 Å². The van der Waals surface area contributed by atoms with Crippen LogP contribution in [0.1, 0.15) is 44.9 Å². The van der Waals surface area contributed by atoms with Crippen molar-refractivity contribution in [3.8, 4) is 0 Å². The van der Waals surface area contributed by atoms with Crippen molar-refractivity contribution in [1.82, 2.24) is 10.2 Å². The van der Waals surface area contributed by atoms with Crippen LogP contribution < -0.4 is 5.32 Å². The van der Waals surface area contributed by atoms with Gasteiger partial charge in [0, 0.05) is 19.2 Å². The Kier molecular flexibility index (Phi) is 7.82. The zero-order valence-corrected chi connectivity index (χ0v) is 11.6. The van der Waals surface area contributed by atoms with Crippen LogP contribution in [0.5, 0.6) is 0 Å². The fourth-order valence-corrected chi connectivity index (χ4v) is 2.97. The molecule has 0 saturated heterocycles. The SMILES string of the molecule is CNC1CCCCC1CN(C)CCCCCO. The lowest BCUT2D eigenvalue weighted by Crippen LogP contribution is -2.42. The first-order valence-corrected chi connectivity index (χ1v) is 7.24. The number of aliphatic hydroxyl groups is 1. The smallest absolute Gasteiger partial charge is 0.0431 e. The maximum atomic E-state index is 8.74. The molecule has 1 rings (SSSR count). The molecular formula is C14H30N2O. The van der Waals surface area contributed by atoms with Crippen molar-refractivity contribution < 1.29 is 5.11 Å². The van der Waals surface area contributed by atoms with Crippen LogP contribution in [-0.2, 0) is 0 Å². The average Bonchev–Trinajstić information content (AvgIpc) is 2.35. The molecule has 0 spiro atoms. The van der Waals surface area contributed by atoms with Crippen LogP contribution in [0.25, 0.3) is 0 Å². The normalized spacial score (nSPS) is 25.4. The molecule has 1 aliphatic carbocycles. The molecule has 0 radical (unpaired) electrons. The second kappa shape index (κ2) is 8.90. The van der Waals surface area contributed by atoms with Gasteiger partial charge in [0.05, 0.1) is 0 Å². The van der Waals surface area contributed by atoms with Gasteiger partial charge in [-0.1, -0.05) is 12.8 Å². The maximum absolute atomic E-state index is 8.74. The predicted octanol–water partition coefficient (Wildman–Crippen LogP) is 1.86. The number of nitrogens with one attached hydrogen (secondary N) is 1. The number of hydrogen-bond donors (Lipinski definition) is 2. The van der Waals surface area contributed by atoms with E-state index < -0.39 is 0 Å². The summed E-state index contributed by atoms with van der Waals surface area (Å²) in [5, 5.41) is 12.2. The highest BCUT2D eigenvalue weighted by Crippen LogP contribution is 2.24. The van der Waals surface area contributed by atoms with Crippen molar-refractivity contribution in [2.45, 2.75) is 51.0 Å². The van der Waals surface area contributed by atoms with E-state index in [2.05, 4.69) is 24.3 Å². The van der Waals surface area contributed by atoms with Gasteiger partial charge in [-0.05, 0) is 58.7 Å². The first-order chi connectivity index (χ1) is 8.27. The summed E-state index contributed by atoms with van der Waals surface area (Å²) in [7, 11) is 4.34. The third-order valence-corrected chi connectivity index (χ3v) is 4.02. The van der Waals surface area contributed by atoms with E-state index in [9.17, 15) is 0 Å². The lowest BCUT2D eigenvalue weighted by Gasteiger charge is -2.34. The zero-order valence-electron chi connectivity index (χ0n) is 11.6. The molecule has 1 saturated carbocycles. The molecular weight excluding hydrogens is 212 g/mol.